The van der Waals surface area contributed by atoms with Gasteiger partial charge in [-0.2, -0.15) is 0 Å². The van der Waals surface area contributed by atoms with Crippen LogP contribution in [0.3, 0.4) is 0 Å². The lowest BCUT2D eigenvalue weighted by molar-refractivity contribution is 0.114. The molecule has 0 unspecified atom stereocenters. The molecule has 0 atom stereocenters. The van der Waals surface area contributed by atoms with Gasteiger partial charge in [0, 0.05) is 26.2 Å². The molecule has 0 radical (unpaired) electrons. The fraction of sp³-hybridized carbons (Fsp3) is 0.529. The van der Waals surface area contributed by atoms with Crippen LogP contribution in [0.2, 0.25) is 0 Å². The van der Waals surface area contributed by atoms with Crippen LogP contribution in [0, 0.1) is 0 Å². The lowest BCUT2D eigenvalue weighted by Gasteiger charge is -2.35. The van der Waals surface area contributed by atoms with Gasteiger partial charge in [0.2, 0.25) is 0 Å². The quantitative estimate of drug-likeness (QED) is 0.869. The van der Waals surface area contributed by atoms with Crippen molar-refractivity contribution in [1.29, 1.82) is 0 Å². The second-order valence-electron chi connectivity index (χ2n) is 6.39. The molecule has 0 saturated carbocycles. The number of carbonyl (C=O) groups excluding carboxylic acids is 1. The van der Waals surface area contributed by atoms with Crippen LogP contribution < -0.4 is 0 Å². The third kappa shape index (κ3) is 2.67. The number of fused-ring (bicyclic) bond motifs is 1. The number of carbonyl (C=O) groups is 1. The summed E-state index contributed by atoms with van der Waals surface area (Å²) in [6.45, 7) is 4.14. The molecule has 6 heteroatoms. The molecule has 2 saturated heterocycles. The number of benzene rings is 1. The van der Waals surface area contributed by atoms with Gasteiger partial charge in [-0.15, -0.1) is 0 Å². The predicted molar refractivity (Wildman–Crippen MR) is 87.1 cm³/mol. The predicted octanol–water partition coefficient (Wildman–Crippen LogP) is 1.99. The Morgan fingerprint density at radius 1 is 1.22 bits per heavy atom. The molecule has 0 bridgehead atoms. The van der Waals surface area contributed by atoms with Gasteiger partial charge in [0.05, 0.1) is 24.1 Å². The molecule has 122 valence electrons. The normalized spacial score (nSPS) is 20.4. The lowest BCUT2D eigenvalue weighted by Crippen LogP contribution is -2.45. The molecule has 1 aromatic carbocycles. The van der Waals surface area contributed by atoms with E-state index in [0.717, 1.165) is 50.4 Å². The summed E-state index contributed by atoms with van der Waals surface area (Å²) < 4.78 is 7.23. The van der Waals surface area contributed by atoms with Gasteiger partial charge in [-0.1, -0.05) is 12.1 Å². The number of likely N-dealkylation sites (tertiary alicyclic amines) is 1. The Kier molecular flexibility index (Phi) is 3.69. The first kappa shape index (κ1) is 14.5. The number of nitrogens with zero attached hydrogens (tertiary/aromatic N) is 4. The molecular formula is C17H22N4O2. The van der Waals surface area contributed by atoms with Crippen molar-refractivity contribution in [2.24, 2.45) is 7.05 Å². The minimum atomic E-state index is -0.140. The molecule has 3 heterocycles. The summed E-state index contributed by atoms with van der Waals surface area (Å²) in [5, 5.41) is 0. The zero-order valence-electron chi connectivity index (χ0n) is 13.4. The Morgan fingerprint density at radius 2 is 2.00 bits per heavy atom. The van der Waals surface area contributed by atoms with E-state index in [-0.39, 0.29) is 6.09 Å². The van der Waals surface area contributed by atoms with Crippen molar-refractivity contribution >= 4 is 17.1 Å². The van der Waals surface area contributed by atoms with Gasteiger partial charge < -0.3 is 14.2 Å². The van der Waals surface area contributed by atoms with E-state index in [1.54, 1.807) is 0 Å². The van der Waals surface area contributed by atoms with Crippen molar-refractivity contribution in [2.45, 2.75) is 25.4 Å². The number of hydrogen-bond acceptors (Lipinski definition) is 4. The highest BCUT2D eigenvalue weighted by atomic mass is 16.6. The number of piperidine rings is 1. The van der Waals surface area contributed by atoms with Gasteiger partial charge in [-0.05, 0) is 25.0 Å². The van der Waals surface area contributed by atoms with E-state index in [4.69, 9.17) is 9.72 Å². The van der Waals surface area contributed by atoms with Gasteiger partial charge in [-0.3, -0.25) is 4.90 Å². The van der Waals surface area contributed by atoms with E-state index in [9.17, 15) is 4.79 Å². The highest BCUT2D eigenvalue weighted by Gasteiger charge is 2.32. The number of hydrogen-bond donors (Lipinski definition) is 0. The molecule has 2 aliphatic heterocycles. The molecule has 1 aromatic heterocycles. The Hall–Kier alpha value is -2.08. The third-order valence-corrected chi connectivity index (χ3v) is 5.03. The molecule has 2 fully saturated rings. The summed E-state index contributed by atoms with van der Waals surface area (Å²) in [7, 11) is 2.08. The zero-order valence-corrected chi connectivity index (χ0v) is 13.4. The fourth-order valence-corrected chi connectivity index (χ4v) is 3.66. The van der Waals surface area contributed by atoms with Gasteiger partial charge in [0.1, 0.15) is 12.4 Å². The van der Waals surface area contributed by atoms with Crippen LogP contribution in [-0.2, 0) is 18.3 Å². The minimum Gasteiger partial charge on any atom is -0.448 e. The number of imidazole rings is 1. The molecule has 1 amide bonds. The zero-order chi connectivity index (χ0) is 15.8. The number of aryl methyl sites for hydroxylation is 1. The number of aromatic nitrogens is 2. The van der Waals surface area contributed by atoms with E-state index in [0.29, 0.717) is 12.6 Å². The van der Waals surface area contributed by atoms with Crippen molar-refractivity contribution in [3.63, 3.8) is 0 Å². The largest absolute Gasteiger partial charge is 0.448 e. The molecule has 2 aliphatic rings. The first-order valence-corrected chi connectivity index (χ1v) is 8.28. The molecule has 0 aliphatic carbocycles. The van der Waals surface area contributed by atoms with Gasteiger partial charge in [-0.25, -0.2) is 9.78 Å². The van der Waals surface area contributed by atoms with Gasteiger partial charge >= 0.3 is 6.09 Å². The Balaban J connectivity index is 1.40. The van der Waals surface area contributed by atoms with E-state index in [1.807, 2.05) is 11.0 Å². The molecular weight excluding hydrogens is 292 g/mol. The average molecular weight is 314 g/mol. The number of rotatable bonds is 3. The Bertz CT molecular complexity index is 718. The van der Waals surface area contributed by atoms with Crippen LogP contribution in [0.5, 0.6) is 0 Å². The van der Waals surface area contributed by atoms with Gasteiger partial charge in [0.25, 0.3) is 0 Å². The summed E-state index contributed by atoms with van der Waals surface area (Å²) in [5.74, 6) is 1.10. The minimum absolute atomic E-state index is 0.140. The maximum absolute atomic E-state index is 11.7. The molecule has 2 aromatic rings. The van der Waals surface area contributed by atoms with Crippen LogP contribution in [-0.4, -0.2) is 57.7 Å². The van der Waals surface area contributed by atoms with E-state index in [2.05, 4.69) is 34.7 Å². The molecule has 4 rings (SSSR count). The van der Waals surface area contributed by atoms with Crippen molar-refractivity contribution in [3.05, 3.63) is 30.1 Å². The molecule has 0 spiro atoms. The maximum atomic E-state index is 11.7. The molecule has 23 heavy (non-hydrogen) atoms. The van der Waals surface area contributed by atoms with Crippen LogP contribution in [0.1, 0.15) is 18.7 Å². The summed E-state index contributed by atoms with van der Waals surface area (Å²) in [5.41, 5.74) is 2.23. The monoisotopic (exact) mass is 314 g/mol. The number of amides is 1. The highest BCUT2D eigenvalue weighted by Crippen LogP contribution is 2.22. The van der Waals surface area contributed by atoms with Crippen molar-refractivity contribution in [1.82, 2.24) is 19.4 Å². The number of cyclic esters (lactones) is 1. The summed E-state index contributed by atoms with van der Waals surface area (Å²) in [6, 6.07) is 8.58. The Labute approximate surface area is 135 Å². The van der Waals surface area contributed by atoms with Crippen molar-refractivity contribution < 1.29 is 9.53 Å². The molecule has 0 N–H and O–H groups in total. The number of ether oxygens (including phenoxy) is 1. The second kappa shape index (κ2) is 5.85. The van der Waals surface area contributed by atoms with E-state index in [1.165, 1.54) is 5.52 Å². The van der Waals surface area contributed by atoms with E-state index >= 15 is 0 Å². The van der Waals surface area contributed by atoms with Crippen LogP contribution in [0.15, 0.2) is 24.3 Å². The second-order valence-corrected chi connectivity index (χ2v) is 6.39. The Morgan fingerprint density at radius 3 is 2.70 bits per heavy atom. The standard InChI is InChI=1S/C17H22N4O2/c1-19-15-5-3-2-4-14(15)18-16(19)12-20-8-6-13(7-9-20)21-10-11-23-17(21)22/h2-5,13H,6-12H2,1H3. The fourth-order valence-electron chi connectivity index (χ4n) is 3.66. The third-order valence-electron chi connectivity index (χ3n) is 5.03. The first-order valence-electron chi connectivity index (χ1n) is 8.28. The topological polar surface area (TPSA) is 50.6 Å². The average Bonchev–Trinajstić information content (AvgIpc) is 3.13. The maximum Gasteiger partial charge on any atom is 0.410 e. The SMILES string of the molecule is Cn1c(CN2CCC(N3CCOC3=O)CC2)nc2ccccc21. The van der Waals surface area contributed by atoms with E-state index < -0.39 is 0 Å². The smallest absolute Gasteiger partial charge is 0.410 e. The van der Waals surface area contributed by atoms with Crippen LogP contribution >= 0.6 is 0 Å². The highest BCUT2D eigenvalue weighted by molar-refractivity contribution is 5.75. The number of para-hydroxylation sites is 2. The van der Waals surface area contributed by atoms with Crippen molar-refractivity contribution in [3.8, 4) is 0 Å². The molecule has 6 nitrogen and oxygen atoms in total. The summed E-state index contributed by atoms with van der Waals surface area (Å²) in [4.78, 5) is 20.7. The van der Waals surface area contributed by atoms with Crippen LogP contribution in [0.25, 0.3) is 11.0 Å². The van der Waals surface area contributed by atoms with Crippen molar-refractivity contribution in [2.75, 3.05) is 26.2 Å². The van der Waals surface area contributed by atoms with Gasteiger partial charge in [0.15, 0.2) is 0 Å². The first-order chi connectivity index (χ1) is 11.2. The van der Waals surface area contributed by atoms with Crippen LogP contribution in [0.4, 0.5) is 4.79 Å². The summed E-state index contributed by atoms with van der Waals surface area (Å²) >= 11 is 0. The summed E-state index contributed by atoms with van der Waals surface area (Å²) in [6.07, 6.45) is 1.89. The lowest BCUT2D eigenvalue weighted by atomic mass is 10.0.